The van der Waals surface area contributed by atoms with Crippen molar-refractivity contribution in [3.8, 4) is 0 Å². The third kappa shape index (κ3) is 2.47. The molecule has 29 heavy (non-hydrogen) atoms. The molecule has 0 spiro atoms. The van der Waals surface area contributed by atoms with E-state index in [2.05, 4.69) is 17.4 Å². The van der Waals surface area contributed by atoms with E-state index in [1.807, 2.05) is 73.7 Å². The number of carbonyl (C=O) groups is 2. The second-order valence-electron chi connectivity index (χ2n) is 7.88. The third-order valence-corrected chi connectivity index (χ3v) is 5.76. The van der Waals surface area contributed by atoms with Crippen molar-refractivity contribution < 1.29 is 9.59 Å². The minimum absolute atomic E-state index is 0.344. The van der Waals surface area contributed by atoms with Crippen molar-refractivity contribution in [2.24, 2.45) is 14.1 Å². The highest BCUT2D eigenvalue weighted by Gasteiger charge is 2.35. The Morgan fingerprint density at radius 2 is 1.24 bits per heavy atom. The topological polar surface area (TPSA) is 56.0 Å². The van der Waals surface area contributed by atoms with E-state index in [1.165, 1.54) is 0 Å². The molecule has 0 aliphatic carbocycles. The molecule has 1 aliphatic heterocycles. The molecule has 0 fully saturated rings. The van der Waals surface area contributed by atoms with Crippen LogP contribution in [0, 0.1) is 13.8 Å². The van der Waals surface area contributed by atoms with Gasteiger partial charge in [0, 0.05) is 59.4 Å². The summed E-state index contributed by atoms with van der Waals surface area (Å²) in [7, 11) is 3.91. The third-order valence-electron chi connectivity index (χ3n) is 5.76. The maximum atomic E-state index is 12.9. The SMILES string of the molecule is Cc1ccc2c(c1)c(C1=C(c3cn(C)c4cc(C)ccc34)C(=O)NC1=O)cn2C. The van der Waals surface area contributed by atoms with E-state index >= 15 is 0 Å². The molecule has 5 rings (SSSR count). The number of aryl methyl sites for hydroxylation is 4. The van der Waals surface area contributed by atoms with Crippen LogP contribution in [0.5, 0.6) is 0 Å². The lowest BCUT2D eigenvalue weighted by atomic mass is 9.95. The van der Waals surface area contributed by atoms with Crippen molar-refractivity contribution in [2.75, 3.05) is 0 Å². The summed E-state index contributed by atoms with van der Waals surface area (Å²) in [4.78, 5) is 25.8. The number of hydrogen-bond donors (Lipinski definition) is 1. The zero-order valence-corrected chi connectivity index (χ0v) is 16.8. The van der Waals surface area contributed by atoms with Crippen LogP contribution in [-0.4, -0.2) is 20.9 Å². The first kappa shape index (κ1) is 17.5. The Hall–Kier alpha value is -3.60. The van der Waals surface area contributed by atoms with Crippen LogP contribution in [0.1, 0.15) is 22.3 Å². The van der Waals surface area contributed by atoms with Gasteiger partial charge < -0.3 is 9.13 Å². The van der Waals surface area contributed by atoms with E-state index in [-0.39, 0.29) is 11.8 Å². The van der Waals surface area contributed by atoms with Crippen molar-refractivity contribution >= 4 is 44.8 Å². The van der Waals surface area contributed by atoms with Gasteiger partial charge in [-0.15, -0.1) is 0 Å². The summed E-state index contributed by atoms with van der Waals surface area (Å²) in [5.74, 6) is -0.689. The van der Waals surface area contributed by atoms with E-state index in [9.17, 15) is 9.59 Å². The second kappa shape index (κ2) is 5.95. The van der Waals surface area contributed by atoms with Crippen LogP contribution in [0.4, 0.5) is 0 Å². The van der Waals surface area contributed by atoms with E-state index < -0.39 is 0 Å². The zero-order chi connectivity index (χ0) is 20.4. The Morgan fingerprint density at radius 3 is 1.93 bits per heavy atom. The number of imide groups is 1. The molecule has 1 aliphatic rings. The predicted molar refractivity (Wildman–Crippen MR) is 115 cm³/mol. The number of benzene rings is 2. The Morgan fingerprint density at radius 1 is 0.690 bits per heavy atom. The first-order chi connectivity index (χ1) is 13.8. The summed E-state index contributed by atoms with van der Waals surface area (Å²) >= 11 is 0. The van der Waals surface area contributed by atoms with E-state index in [1.54, 1.807) is 0 Å². The van der Waals surface area contributed by atoms with Gasteiger partial charge in [0.25, 0.3) is 11.8 Å². The van der Waals surface area contributed by atoms with Crippen LogP contribution < -0.4 is 5.32 Å². The van der Waals surface area contributed by atoms with Gasteiger partial charge in [0.2, 0.25) is 0 Å². The molecule has 3 heterocycles. The highest BCUT2D eigenvalue weighted by Crippen LogP contribution is 2.38. The van der Waals surface area contributed by atoms with Crippen molar-refractivity contribution in [3.05, 3.63) is 71.0 Å². The van der Waals surface area contributed by atoms with E-state index in [0.29, 0.717) is 11.1 Å². The molecule has 4 aromatic rings. The van der Waals surface area contributed by atoms with Gasteiger partial charge in [0.05, 0.1) is 11.1 Å². The van der Waals surface area contributed by atoms with Gasteiger partial charge in [0.1, 0.15) is 0 Å². The standard InChI is InChI=1S/C24H21N3O2/c1-13-6-8-19-16(9-13)18(12-26(19)3)22-21(23(28)25-24(22)29)17-11-27(4)20-10-14(2)5-7-15(17)20/h5-12H,1-4H3,(H,25,28,29). The highest BCUT2D eigenvalue weighted by atomic mass is 16.2. The van der Waals surface area contributed by atoms with Crippen LogP contribution in [0.25, 0.3) is 33.0 Å². The number of nitrogens with one attached hydrogen (secondary N) is 1. The summed E-state index contributed by atoms with van der Waals surface area (Å²) in [6, 6.07) is 12.3. The van der Waals surface area contributed by atoms with Gasteiger partial charge >= 0.3 is 0 Å². The van der Waals surface area contributed by atoms with Gasteiger partial charge in [-0.05, 0) is 37.6 Å². The molecule has 0 atom stereocenters. The van der Waals surface area contributed by atoms with Crippen LogP contribution >= 0.6 is 0 Å². The molecule has 144 valence electrons. The van der Waals surface area contributed by atoms with Gasteiger partial charge in [-0.2, -0.15) is 0 Å². The summed E-state index contributed by atoms with van der Waals surface area (Å²) < 4.78 is 4.00. The monoisotopic (exact) mass is 383 g/mol. The zero-order valence-electron chi connectivity index (χ0n) is 16.8. The average molecular weight is 383 g/mol. The quantitative estimate of drug-likeness (QED) is 0.535. The largest absolute Gasteiger partial charge is 0.350 e. The fraction of sp³-hybridized carbons (Fsp3) is 0.167. The van der Waals surface area contributed by atoms with Gasteiger partial charge in [-0.25, -0.2) is 0 Å². The fourth-order valence-electron chi connectivity index (χ4n) is 4.37. The van der Waals surface area contributed by atoms with Crippen LogP contribution in [0.2, 0.25) is 0 Å². The lowest BCUT2D eigenvalue weighted by Gasteiger charge is -2.04. The molecule has 2 aromatic heterocycles. The van der Waals surface area contributed by atoms with Crippen LogP contribution in [-0.2, 0) is 23.7 Å². The van der Waals surface area contributed by atoms with Gasteiger partial charge in [-0.1, -0.05) is 23.8 Å². The minimum Gasteiger partial charge on any atom is -0.350 e. The Balaban J connectivity index is 1.87. The Bertz CT molecular complexity index is 1400. The number of amides is 2. The molecule has 0 saturated heterocycles. The molecule has 1 N–H and O–H groups in total. The number of hydrogen-bond acceptors (Lipinski definition) is 2. The van der Waals surface area contributed by atoms with Gasteiger partial charge in [-0.3, -0.25) is 14.9 Å². The van der Waals surface area contributed by atoms with Crippen molar-refractivity contribution in [1.29, 1.82) is 0 Å². The first-order valence-corrected chi connectivity index (χ1v) is 9.57. The number of fused-ring (bicyclic) bond motifs is 2. The molecule has 5 nitrogen and oxygen atoms in total. The predicted octanol–water partition coefficient (Wildman–Crippen LogP) is 3.85. The molecule has 2 amide bonds. The number of rotatable bonds is 2. The molecule has 5 heteroatoms. The second-order valence-corrected chi connectivity index (χ2v) is 7.88. The highest BCUT2D eigenvalue weighted by molar-refractivity contribution is 6.50. The van der Waals surface area contributed by atoms with Gasteiger partial charge in [0.15, 0.2) is 0 Å². The molecule has 0 radical (unpaired) electrons. The van der Waals surface area contributed by atoms with Crippen molar-refractivity contribution in [1.82, 2.24) is 14.5 Å². The molecule has 0 saturated carbocycles. The summed E-state index contributed by atoms with van der Waals surface area (Å²) in [6.45, 7) is 4.07. The summed E-state index contributed by atoms with van der Waals surface area (Å²) in [5.41, 5.74) is 6.77. The van der Waals surface area contributed by atoms with Crippen LogP contribution in [0.3, 0.4) is 0 Å². The molecular formula is C24H21N3O2. The molecule has 0 unspecified atom stereocenters. The number of carbonyl (C=O) groups excluding carboxylic acids is 2. The van der Waals surface area contributed by atoms with Crippen LogP contribution in [0.15, 0.2) is 48.8 Å². The Labute approximate surface area is 168 Å². The molecule has 0 bridgehead atoms. The maximum absolute atomic E-state index is 12.9. The number of nitrogens with zero attached hydrogens (tertiary/aromatic N) is 2. The molecular weight excluding hydrogens is 362 g/mol. The van der Waals surface area contributed by atoms with E-state index in [0.717, 1.165) is 44.1 Å². The minimum atomic E-state index is -0.345. The maximum Gasteiger partial charge on any atom is 0.259 e. The lowest BCUT2D eigenvalue weighted by molar-refractivity contribution is -0.122. The first-order valence-electron chi connectivity index (χ1n) is 9.57. The fourth-order valence-corrected chi connectivity index (χ4v) is 4.37. The van der Waals surface area contributed by atoms with Crippen molar-refractivity contribution in [3.63, 3.8) is 0 Å². The normalized spacial score (nSPS) is 14.5. The molecule has 2 aromatic carbocycles. The Kier molecular flexibility index (Phi) is 3.59. The summed E-state index contributed by atoms with van der Waals surface area (Å²) in [5, 5.41) is 4.46. The van der Waals surface area contributed by atoms with E-state index in [4.69, 9.17) is 0 Å². The lowest BCUT2D eigenvalue weighted by Crippen LogP contribution is -2.22. The average Bonchev–Trinajstić information content (AvgIpc) is 3.26. The smallest absolute Gasteiger partial charge is 0.259 e. The summed E-state index contributed by atoms with van der Waals surface area (Å²) in [6.07, 6.45) is 3.88. The number of aromatic nitrogens is 2. The van der Waals surface area contributed by atoms with Crippen molar-refractivity contribution in [2.45, 2.75) is 13.8 Å².